The van der Waals surface area contributed by atoms with Crippen LogP contribution in [0, 0.1) is 0 Å². The molecule has 0 saturated heterocycles. The summed E-state index contributed by atoms with van der Waals surface area (Å²) in [6, 6.07) is 14.5. The maximum Gasteiger partial charge on any atom is 0.331 e. The largest absolute Gasteiger partial charge is 0.454 e. The smallest absolute Gasteiger partial charge is 0.331 e. The lowest BCUT2D eigenvalue weighted by Crippen LogP contribution is -2.37. The lowest BCUT2D eigenvalue weighted by Gasteiger charge is -2.21. The summed E-state index contributed by atoms with van der Waals surface area (Å²) >= 11 is 0. The molecule has 0 N–H and O–H groups in total. The molecule has 6 heteroatoms. The average molecular weight is 353 g/mol. The molecule has 1 amide bonds. The highest BCUT2D eigenvalue weighted by atomic mass is 16.7. The predicted molar refractivity (Wildman–Crippen MR) is 97.0 cm³/mol. The summed E-state index contributed by atoms with van der Waals surface area (Å²) in [5.41, 5.74) is 1.50. The Labute approximate surface area is 151 Å². The van der Waals surface area contributed by atoms with Gasteiger partial charge in [-0.1, -0.05) is 24.3 Å². The van der Waals surface area contributed by atoms with Gasteiger partial charge >= 0.3 is 5.97 Å². The number of fused-ring (bicyclic) bond motifs is 1. The highest BCUT2D eigenvalue weighted by molar-refractivity contribution is 5.98. The molecule has 0 radical (unpaired) electrons. The fourth-order valence-corrected chi connectivity index (χ4v) is 2.50. The van der Waals surface area contributed by atoms with Crippen molar-refractivity contribution >= 4 is 23.6 Å². The molecule has 2 aromatic rings. The summed E-state index contributed by atoms with van der Waals surface area (Å²) in [5.74, 6) is 0.410. The molecule has 3 rings (SSSR count). The van der Waals surface area contributed by atoms with Crippen LogP contribution in [0.2, 0.25) is 0 Å². The van der Waals surface area contributed by atoms with Crippen LogP contribution >= 0.6 is 0 Å². The molecule has 0 saturated carbocycles. The minimum atomic E-state index is -0.894. The molecule has 1 aliphatic heterocycles. The van der Waals surface area contributed by atoms with Crippen LogP contribution in [0.3, 0.4) is 0 Å². The first-order valence-electron chi connectivity index (χ1n) is 8.15. The molecule has 0 aromatic heterocycles. The lowest BCUT2D eigenvalue weighted by atomic mass is 10.2. The molecule has 134 valence electrons. The van der Waals surface area contributed by atoms with Gasteiger partial charge in [0.1, 0.15) is 0 Å². The van der Waals surface area contributed by atoms with Gasteiger partial charge < -0.3 is 19.1 Å². The van der Waals surface area contributed by atoms with Crippen LogP contribution in [0.15, 0.2) is 54.6 Å². The number of esters is 1. The van der Waals surface area contributed by atoms with Crippen molar-refractivity contribution in [1.29, 1.82) is 0 Å². The van der Waals surface area contributed by atoms with E-state index in [0.29, 0.717) is 11.5 Å². The standard InChI is InChI=1S/C20H19NO5/c1-14(20(23)21(2)16-6-4-3-5-7-16)26-19(22)11-9-15-8-10-17-18(12-15)25-13-24-17/h3-12,14H,13H2,1-2H3/b11-9+. The van der Waals surface area contributed by atoms with E-state index in [1.54, 1.807) is 38.2 Å². The van der Waals surface area contributed by atoms with Crippen molar-refractivity contribution in [1.82, 2.24) is 0 Å². The fraction of sp³-hybridized carbons (Fsp3) is 0.200. The van der Waals surface area contributed by atoms with E-state index >= 15 is 0 Å². The van der Waals surface area contributed by atoms with E-state index in [1.165, 1.54) is 11.0 Å². The van der Waals surface area contributed by atoms with Gasteiger partial charge in [0.05, 0.1) is 0 Å². The van der Waals surface area contributed by atoms with Crippen LogP contribution in [0.25, 0.3) is 6.08 Å². The first-order chi connectivity index (χ1) is 12.5. The second-order valence-corrected chi connectivity index (χ2v) is 5.76. The van der Waals surface area contributed by atoms with Crippen molar-refractivity contribution in [3.8, 4) is 11.5 Å². The number of amides is 1. The number of likely N-dealkylation sites (N-methyl/N-ethyl adjacent to an activating group) is 1. The van der Waals surface area contributed by atoms with Crippen LogP contribution in [-0.2, 0) is 14.3 Å². The Hall–Kier alpha value is -3.28. The van der Waals surface area contributed by atoms with Gasteiger partial charge in [0.2, 0.25) is 6.79 Å². The predicted octanol–water partition coefficient (Wildman–Crippen LogP) is 3.02. The van der Waals surface area contributed by atoms with Gasteiger partial charge in [-0.15, -0.1) is 0 Å². The highest BCUT2D eigenvalue weighted by Crippen LogP contribution is 2.32. The van der Waals surface area contributed by atoms with E-state index in [1.807, 2.05) is 30.3 Å². The molecule has 0 aliphatic carbocycles. The second-order valence-electron chi connectivity index (χ2n) is 5.76. The number of hydrogen-bond donors (Lipinski definition) is 0. The lowest BCUT2D eigenvalue weighted by molar-refractivity contribution is -0.148. The summed E-state index contributed by atoms with van der Waals surface area (Å²) in [5, 5.41) is 0. The Balaban J connectivity index is 1.58. The van der Waals surface area contributed by atoms with Crippen LogP contribution in [0.4, 0.5) is 5.69 Å². The van der Waals surface area contributed by atoms with Crippen LogP contribution in [0.1, 0.15) is 12.5 Å². The number of carbonyl (C=O) groups is 2. The molecule has 2 aromatic carbocycles. The second kappa shape index (κ2) is 7.74. The fourth-order valence-electron chi connectivity index (χ4n) is 2.50. The molecule has 0 fully saturated rings. The third-order valence-corrected chi connectivity index (χ3v) is 3.92. The number of para-hydroxylation sites is 1. The third-order valence-electron chi connectivity index (χ3n) is 3.92. The molecule has 6 nitrogen and oxygen atoms in total. The van der Waals surface area contributed by atoms with Crippen molar-refractivity contribution < 1.29 is 23.8 Å². The summed E-state index contributed by atoms with van der Waals surface area (Å²) in [6.07, 6.45) is 1.99. The molecular weight excluding hydrogens is 334 g/mol. The van der Waals surface area contributed by atoms with Gasteiger partial charge in [0.25, 0.3) is 5.91 Å². The van der Waals surface area contributed by atoms with Gasteiger partial charge in [0.15, 0.2) is 17.6 Å². The highest BCUT2D eigenvalue weighted by Gasteiger charge is 2.21. The van der Waals surface area contributed by atoms with Gasteiger partial charge in [0, 0.05) is 18.8 Å². The molecule has 1 unspecified atom stereocenters. The van der Waals surface area contributed by atoms with E-state index in [0.717, 1.165) is 11.3 Å². The van der Waals surface area contributed by atoms with E-state index in [2.05, 4.69) is 0 Å². The zero-order valence-electron chi connectivity index (χ0n) is 14.5. The Kier molecular flexibility index (Phi) is 5.22. The Morgan fingerprint density at radius 2 is 1.85 bits per heavy atom. The van der Waals surface area contributed by atoms with Crippen LogP contribution in [-0.4, -0.2) is 31.8 Å². The van der Waals surface area contributed by atoms with Crippen molar-refractivity contribution in [2.45, 2.75) is 13.0 Å². The number of hydrogen-bond acceptors (Lipinski definition) is 5. The Morgan fingerprint density at radius 3 is 2.62 bits per heavy atom. The number of rotatable bonds is 5. The topological polar surface area (TPSA) is 65.1 Å². The Morgan fingerprint density at radius 1 is 1.12 bits per heavy atom. The normalized spacial score (nSPS) is 13.5. The molecule has 1 aliphatic rings. The number of anilines is 1. The molecule has 0 bridgehead atoms. The van der Waals surface area contributed by atoms with Crippen molar-refractivity contribution in [3.63, 3.8) is 0 Å². The molecule has 1 heterocycles. The average Bonchev–Trinajstić information content (AvgIpc) is 3.13. The summed E-state index contributed by atoms with van der Waals surface area (Å²) < 4.78 is 15.7. The quantitative estimate of drug-likeness (QED) is 0.611. The van der Waals surface area contributed by atoms with E-state index in [-0.39, 0.29) is 12.7 Å². The molecule has 26 heavy (non-hydrogen) atoms. The van der Waals surface area contributed by atoms with Crippen molar-refractivity contribution in [2.24, 2.45) is 0 Å². The monoisotopic (exact) mass is 353 g/mol. The Bertz CT molecular complexity index is 831. The minimum absolute atomic E-state index is 0.194. The van der Waals surface area contributed by atoms with Gasteiger partial charge in [-0.3, -0.25) is 4.79 Å². The summed E-state index contributed by atoms with van der Waals surface area (Å²) in [7, 11) is 1.64. The van der Waals surface area contributed by atoms with E-state index < -0.39 is 12.1 Å². The minimum Gasteiger partial charge on any atom is -0.454 e. The van der Waals surface area contributed by atoms with Crippen LogP contribution < -0.4 is 14.4 Å². The zero-order valence-corrected chi connectivity index (χ0v) is 14.5. The van der Waals surface area contributed by atoms with Gasteiger partial charge in [-0.05, 0) is 42.8 Å². The van der Waals surface area contributed by atoms with E-state index in [9.17, 15) is 9.59 Å². The molecule has 1 atom stereocenters. The summed E-state index contributed by atoms with van der Waals surface area (Å²) in [4.78, 5) is 25.8. The van der Waals surface area contributed by atoms with E-state index in [4.69, 9.17) is 14.2 Å². The molecule has 0 spiro atoms. The van der Waals surface area contributed by atoms with Crippen molar-refractivity contribution in [3.05, 3.63) is 60.2 Å². The zero-order chi connectivity index (χ0) is 18.5. The van der Waals surface area contributed by atoms with Gasteiger partial charge in [-0.25, -0.2) is 4.79 Å². The molecular formula is C20H19NO5. The van der Waals surface area contributed by atoms with Crippen LogP contribution in [0.5, 0.6) is 11.5 Å². The SMILES string of the molecule is CC(OC(=O)/C=C/c1ccc2c(c1)OCO2)C(=O)N(C)c1ccccc1. The number of benzene rings is 2. The summed E-state index contributed by atoms with van der Waals surface area (Å²) in [6.45, 7) is 1.74. The third kappa shape index (κ3) is 4.03. The maximum absolute atomic E-state index is 12.4. The maximum atomic E-state index is 12.4. The first-order valence-corrected chi connectivity index (χ1v) is 8.15. The first kappa shape index (κ1) is 17.5. The number of ether oxygens (including phenoxy) is 3. The van der Waals surface area contributed by atoms with Gasteiger partial charge in [-0.2, -0.15) is 0 Å². The van der Waals surface area contributed by atoms with Crippen molar-refractivity contribution in [2.75, 3.05) is 18.7 Å². The number of carbonyl (C=O) groups excluding carboxylic acids is 2. The number of nitrogens with zero attached hydrogens (tertiary/aromatic N) is 1.